The third kappa shape index (κ3) is 7.60. The number of aromatic carboxylic acids is 1. The van der Waals surface area contributed by atoms with Crippen molar-refractivity contribution in [3.8, 4) is 0 Å². The highest BCUT2D eigenvalue weighted by Gasteiger charge is 2.38. The van der Waals surface area contributed by atoms with Crippen molar-refractivity contribution < 1.29 is 45.8 Å². The van der Waals surface area contributed by atoms with Gasteiger partial charge in [0, 0.05) is 31.9 Å². The molecule has 3 aromatic rings. The molecule has 0 radical (unpaired) electrons. The topological polar surface area (TPSA) is 127 Å². The highest BCUT2D eigenvalue weighted by atomic mass is 32.2. The molecule has 0 spiro atoms. The summed E-state index contributed by atoms with van der Waals surface area (Å²) in [7, 11) is -3.92. The average Bonchev–Trinajstić information content (AvgIpc) is 2.89. The van der Waals surface area contributed by atoms with Crippen LogP contribution >= 0.6 is 0 Å². The molecule has 0 saturated carbocycles. The number of halogens is 4. The summed E-state index contributed by atoms with van der Waals surface area (Å²) >= 11 is 0. The Labute approximate surface area is 221 Å². The van der Waals surface area contributed by atoms with E-state index in [1.54, 1.807) is 42.5 Å². The fraction of sp³-hybridized carbons (Fsp3) is 0.200. The van der Waals surface area contributed by atoms with Crippen molar-refractivity contribution in [2.75, 3.05) is 40.7 Å². The van der Waals surface area contributed by atoms with Crippen LogP contribution in [0, 0.1) is 5.82 Å². The summed E-state index contributed by atoms with van der Waals surface area (Å²) in [5.74, 6) is -4.26. The molecule has 1 aliphatic heterocycles. The molecule has 1 aliphatic rings. The van der Waals surface area contributed by atoms with Crippen molar-refractivity contribution in [1.82, 2.24) is 0 Å². The van der Waals surface area contributed by atoms with Crippen molar-refractivity contribution in [3.05, 3.63) is 84.2 Å². The number of aliphatic carboxylic acids is 1. The van der Waals surface area contributed by atoms with Crippen LogP contribution in [-0.2, 0) is 14.8 Å². The number of nitrogens with one attached hydrogen (secondary N) is 1. The van der Waals surface area contributed by atoms with Crippen molar-refractivity contribution in [2.45, 2.75) is 11.1 Å². The minimum Gasteiger partial charge on any atom is -0.478 e. The number of piperazine rings is 1. The number of nitrogens with zero attached hydrogens (tertiary/aromatic N) is 2. The van der Waals surface area contributed by atoms with Crippen molar-refractivity contribution >= 4 is 39.0 Å². The minimum absolute atomic E-state index is 0.00454. The molecule has 1 heterocycles. The van der Waals surface area contributed by atoms with Gasteiger partial charge in [-0.15, -0.1) is 0 Å². The lowest BCUT2D eigenvalue weighted by molar-refractivity contribution is -0.192. The van der Waals surface area contributed by atoms with Crippen molar-refractivity contribution in [1.29, 1.82) is 0 Å². The van der Waals surface area contributed by atoms with Gasteiger partial charge in [-0.2, -0.15) is 13.2 Å². The molecule has 0 aliphatic carbocycles. The highest BCUT2D eigenvalue weighted by molar-refractivity contribution is 7.92. The van der Waals surface area contributed by atoms with Gasteiger partial charge in [-0.05, 0) is 42.5 Å². The molecule has 0 unspecified atom stereocenters. The van der Waals surface area contributed by atoms with Gasteiger partial charge in [-0.3, -0.25) is 4.72 Å². The molecular weight excluding hydrogens is 546 g/mol. The van der Waals surface area contributed by atoms with Gasteiger partial charge in [0.1, 0.15) is 5.82 Å². The van der Waals surface area contributed by atoms with Gasteiger partial charge in [-0.1, -0.05) is 30.3 Å². The van der Waals surface area contributed by atoms with Crippen LogP contribution in [0.4, 0.5) is 34.6 Å². The van der Waals surface area contributed by atoms with E-state index in [4.69, 9.17) is 9.90 Å². The van der Waals surface area contributed by atoms with E-state index in [9.17, 15) is 35.9 Å². The van der Waals surface area contributed by atoms with Gasteiger partial charge < -0.3 is 20.0 Å². The molecule has 0 atom stereocenters. The Balaban J connectivity index is 0.000000532. The van der Waals surface area contributed by atoms with E-state index in [0.29, 0.717) is 37.6 Å². The zero-order valence-electron chi connectivity index (χ0n) is 20.1. The third-order valence-corrected chi connectivity index (χ3v) is 6.99. The standard InChI is InChI=1S/C23H22FN3O4S.C2HF3O2/c24-20-8-4-5-9-22(20)27-14-12-26(13-15-27)17-10-11-21(19(16-17)23(28)29)25-32(30,31)18-6-2-1-3-7-18;3-2(4,5)1(6)7/h1-11,16,25H,12-15H2,(H,28,29);(H,6,7). The second-order valence-corrected chi connectivity index (χ2v) is 9.86. The van der Waals surface area contributed by atoms with Gasteiger partial charge in [0.2, 0.25) is 0 Å². The Bertz CT molecular complexity index is 1430. The van der Waals surface area contributed by atoms with Crippen LogP contribution in [0.2, 0.25) is 0 Å². The number of benzene rings is 3. The van der Waals surface area contributed by atoms with Gasteiger partial charge in [0.25, 0.3) is 10.0 Å². The number of alkyl halides is 3. The SMILES string of the molecule is O=C(O)C(F)(F)F.O=C(O)c1cc(N2CCN(c3ccccc3F)CC2)ccc1NS(=O)(=O)c1ccccc1. The Kier molecular flexibility index (Phi) is 9.01. The molecule has 39 heavy (non-hydrogen) atoms. The van der Waals surface area contributed by atoms with Crippen molar-refractivity contribution in [3.63, 3.8) is 0 Å². The number of carboxylic acid groups (broad SMARTS) is 2. The van der Waals surface area contributed by atoms with E-state index in [-0.39, 0.29) is 22.0 Å². The molecule has 1 saturated heterocycles. The van der Waals surface area contributed by atoms with E-state index in [2.05, 4.69) is 4.72 Å². The number of hydrogen-bond acceptors (Lipinski definition) is 6. The molecule has 3 N–H and O–H groups in total. The lowest BCUT2D eigenvalue weighted by atomic mass is 10.1. The molecule has 9 nitrogen and oxygen atoms in total. The van der Waals surface area contributed by atoms with E-state index in [1.807, 2.05) is 9.80 Å². The summed E-state index contributed by atoms with van der Waals surface area (Å²) in [5, 5.41) is 16.8. The van der Waals surface area contributed by atoms with Crippen LogP contribution in [0.1, 0.15) is 10.4 Å². The Morgan fingerprint density at radius 2 is 1.36 bits per heavy atom. The fourth-order valence-corrected chi connectivity index (χ4v) is 4.81. The first-order chi connectivity index (χ1) is 18.3. The Hall–Kier alpha value is -4.33. The molecule has 3 aromatic carbocycles. The highest BCUT2D eigenvalue weighted by Crippen LogP contribution is 2.28. The largest absolute Gasteiger partial charge is 0.490 e. The predicted octanol–water partition coefficient (Wildman–Crippen LogP) is 4.28. The van der Waals surface area contributed by atoms with E-state index in [1.165, 1.54) is 30.3 Å². The van der Waals surface area contributed by atoms with Gasteiger partial charge in [-0.25, -0.2) is 22.4 Å². The first-order valence-electron chi connectivity index (χ1n) is 11.3. The molecule has 14 heteroatoms. The third-order valence-electron chi connectivity index (χ3n) is 5.61. The molecule has 4 rings (SSSR count). The van der Waals surface area contributed by atoms with Crippen LogP contribution in [-0.4, -0.2) is 62.9 Å². The maximum absolute atomic E-state index is 14.1. The van der Waals surface area contributed by atoms with E-state index >= 15 is 0 Å². The molecule has 208 valence electrons. The maximum Gasteiger partial charge on any atom is 0.490 e. The monoisotopic (exact) mass is 569 g/mol. The number of carbonyl (C=O) groups is 2. The molecule has 0 bridgehead atoms. The summed E-state index contributed by atoms with van der Waals surface area (Å²) in [5.41, 5.74) is 1.07. The minimum atomic E-state index is -5.08. The number of carboxylic acids is 2. The van der Waals surface area contributed by atoms with Crippen LogP contribution in [0.5, 0.6) is 0 Å². The predicted molar refractivity (Wildman–Crippen MR) is 135 cm³/mol. The van der Waals surface area contributed by atoms with Gasteiger partial charge >= 0.3 is 18.1 Å². The summed E-state index contributed by atoms with van der Waals surface area (Å²) < 4.78 is 73.4. The number of sulfonamides is 1. The summed E-state index contributed by atoms with van der Waals surface area (Å²) in [6.07, 6.45) is -5.08. The normalized spacial score (nSPS) is 13.7. The summed E-state index contributed by atoms with van der Waals surface area (Å²) in [6, 6.07) is 19.0. The quantitative estimate of drug-likeness (QED) is 0.376. The average molecular weight is 570 g/mol. The first kappa shape index (κ1) is 29.2. The smallest absolute Gasteiger partial charge is 0.478 e. The Morgan fingerprint density at radius 3 is 1.90 bits per heavy atom. The van der Waals surface area contributed by atoms with Crippen LogP contribution in [0.15, 0.2) is 77.7 Å². The second kappa shape index (κ2) is 12.0. The lowest BCUT2D eigenvalue weighted by Gasteiger charge is -2.37. The molecule has 0 aromatic heterocycles. The van der Waals surface area contributed by atoms with Crippen LogP contribution in [0.25, 0.3) is 0 Å². The van der Waals surface area contributed by atoms with E-state index in [0.717, 1.165) is 0 Å². The van der Waals surface area contributed by atoms with Gasteiger partial charge in [0.15, 0.2) is 0 Å². The number of anilines is 3. The van der Waals surface area contributed by atoms with Gasteiger partial charge in [0.05, 0.1) is 21.8 Å². The fourth-order valence-electron chi connectivity index (χ4n) is 3.71. The Morgan fingerprint density at radius 1 is 0.821 bits per heavy atom. The summed E-state index contributed by atoms with van der Waals surface area (Å²) in [6.45, 7) is 2.29. The zero-order valence-corrected chi connectivity index (χ0v) is 20.9. The first-order valence-corrected chi connectivity index (χ1v) is 12.8. The summed E-state index contributed by atoms with van der Waals surface area (Å²) in [4.78, 5) is 24.7. The molecule has 0 amide bonds. The van der Waals surface area contributed by atoms with Crippen molar-refractivity contribution in [2.24, 2.45) is 0 Å². The van der Waals surface area contributed by atoms with Crippen LogP contribution in [0.3, 0.4) is 0 Å². The van der Waals surface area contributed by atoms with E-state index < -0.39 is 28.1 Å². The maximum atomic E-state index is 14.1. The molecule has 1 fully saturated rings. The van der Waals surface area contributed by atoms with Crippen LogP contribution < -0.4 is 14.5 Å². The number of para-hydroxylation sites is 1. The second-order valence-electron chi connectivity index (χ2n) is 8.18. The number of rotatable bonds is 6. The zero-order chi connectivity index (χ0) is 28.8. The lowest BCUT2D eigenvalue weighted by Crippen LogP contribution is -2.46. The molecular formula is C25H23F4N3O6S. The number of hydrogen-bond donors (Lipinski definition) is 3.